The van der Waals surface area contributed by atoms with Gasteiger partial charge in [0.25, 0.3) is 0 Å². The van der Waals surface area contributed by atoms with Crippen LogP contribution in [0.2, 0.25) is 0 Å². The van der Waals surface area contributed by atoms with Crippen molar-refractivity contribution < 1.29 is 49.1 Å². The number of carbonyl (C=O) groups is 2. The Morgan fingerprint density at radius 2 is 1.62 bits per heavy atom. The number of rotatable bonds is 7. The van der Waals surface area contributed by atoms with Crippen LogP contribution < -0.4 is 45.7 Å². The molecule has 2 aromatic rings. The Morgan fingerprint density at radius 3 is 2.18 bits per heavy atom. The smallest absolute Gasteiger partial charge is 0.549 e. The molecule has 182 valence electrons. The van der Waals surface area contributed by atoms with Gasteiger partial charge in [-0.3, -0.25) is 9.74 Å². The quantitative estimate of drug-likeness (QED) is 0.422. The largest absolute Gasteiger partial charge is 1.00 e. The van der Waals surface area contributed by atoms with E-state index < -0.39 is 5.97 Å². The van der Waals surface area contributed by atoms with Crippen molar-refractivity contribution in [2.45, 2.75) is 52.3 Å². The number of anilines is 1. The van der Waals surface area contributed by atoms with Crippen molar-refractivity contribution >= 4 is 17.7 Å². The fourth-order valence-electron chi connectivity index (χ4n) is 3.48. The summed E-state index contributed by atoms with van der Waals surface area (Å²) in [5, 5.41) is 15.3. The summed E-state index contributed by atoms with van der Waals surface area (Å²) < 4.78 is 0. The number of carbonyl (C=O) groups excluding carboxylic acids is 2. The van der Waals surface area contributed by atoms with E-state index in [0.29, 0.717) is 12.2 Å². The van der Waals surface area contributed by atoms with E-state index in [1.54, 1.807) is 12.1 Å². The molecule has 0 bridgehead atoms. The predicted octanol–water partition coefficient (Wildman–Crippen LogP) is -0.140. The van der Waals surface area contributed by atoms with Crippen LogP contribution >= 0.6 is 0 Å². The van der Waals surface area contributed by atoms with Crippen LogP contribution in [-0.4, -0.2) is 54.2 Å². The number of nitrogens with one attached hydrogen (secondary N) is 1. The van der Waals surface area contributed by atoms with Gasteiger partial charge in [-0.15, -0.1) is 0 Å². The Labute approximate surface area is 225 Å². The monoisotopic (exact) mass is 480 g/mol. The third-order valence-electron chi connectivity index (χ3n) is 5.09. The number of nitrogens with two attached hydrogens (primary N) is 1. The maximum Gasteiger partial charge on any atom is 1.00 e. The molecule has 0 aromatic heterocycles. The molecule has 2 aromatic carbocycles. The first-order valence-electron chi connectivity index (χ1n) is 11.4. The van der Waals surface area contributed by atoms with Crippen LogP contribution in [0, 0.1) is 0 Å². The third-order valence-corrected chi connectivity index (χ3v) is 5.09. The maximum absolute atomic E-state index is 13.0. The fraction of sp³-hybridized carbons (Fsp3) is 0.440. The number of piperidine rings is 1. The van der Waals surface area contributed by atoms with Crippen molar-refractivity contribution in [2.75, 3.05) is 25.5 Å². The molecule has 3 rings (SSSR count). The van der Waals surface area contributed by atoms with Gasteiger partial charge in [0, 0.05) is 24.8 Å². The molecule has 34 heavy (non-hydrogen) atoms. The minimum Gasteiger partial charge on any atom is -0.549 e. The number of benzene rings is 2. The number of hydrogen-bond acceptors (Lipinski definition) is 6. The SMILES string of the molecule is CC.CN.C[C@@H]1CCC(N(OCc2ccccc2)C(=O)Nc2ccccc2)CN1CC(=O)[O-].[Na+]. The van der Waals surface area contributed by atoms with Crippen LogP contribution in [0.3, 0.4) is 0 Å². The van der Waals surface area contributed by atoms with Gasteiger partial charge < -0.3 is 21.0 Å². The zero-order valence-electron chi connectivity index (χ0n) is 21.1. The Balaban J connectivity index is 0.00000207. The van der Waals surface area contributed by atoms with Crippen LogP contribution in [0.25, 0.3) is 0 Å². The fourth-order valence-corrected chi connectivity index (χ4v) is 3.48. The first-order valence-corrected chi connectivity index (χ1v) is 11.4. The Morgan fingerprint density at radius 1 is 1.06 bits per heavy atom. The molecular formula is C25H37N4NaO4. The normalized spacial score (nSPS) is 17.0. The second-order valence-electron chi connectivity index (χ2n) is 7.26. The Hall–Kier alpha value is -1.94. The zero-order chi connectivity index (χ0) is 24.6. The van der Waals surface area contributed by atoms with E-state index >= 15 is 0 Å². The number of hydroxylamine groups is 2. The third kappa shape index (κ3) is 11.0. The number of likely N-dealkylation sites (tertiary alicyclic amines) is 1. The van der Waals surface area contributed by atoms with E-state index in [2.05, 4.69) is 11.1 Å². The first-order chi connectivity index (χ1) is 16.0. The molecule has 1 aliphatic heterocycles. The molecule has 0 aliphatic carbocycles. The number of para-hydroxylation sites is 1. The molecule has 2 atom stereocenters. The molecule has 1 saturated heterocycles. The molecule has 2 amide bonds. The molecule has 1 fully saturated rings. The molecule has 3 N–H and O–H groups in total. The number of aliphatic carboxylic acids is 1. The summed E-state index contributed by atoms with van der Waals surface area (Å²) in [7, 11) is 1.50. The molecular weight excluding hydrogens is 443 g/mol. The number of amides is 2. The van der Waals surface area contributed by atoms with E-state index in [1.165, 1.54) is 12.1 Å². The van der Waals surface area contributed by atoms with Crippen LogP contribution in [-0.2, 0) is 16.2 Å². The molecule has 1 heterocycles. The number of urea groups is 1. The molecule has 0 spiro atoms. The molecule has 9 heteroatoms. The summed E-state index contributed by atoms with van der Waals surface area (Å²) in [5.41, 5.74) is 6.11. The second-order valence-corrected chi connectivity index (χ2v) is 7.26. The van der Waals surface area contributed by atoms with Gasteiger partial charge >= 0.3 is 35.6 Å². The van der Waals surface area contributed by atoms with Gasteiger partial charge in [-0.05, 0) is 44.5 Å². The van der Waals surface area contributed by atoms with Gasteiger partial charge in [-0.2, -0.15) is 5.06 Å². The number of carboxylic acids is 1. The van der Waals surface area contributed by atoms with E-state index in [1.807, 2.05) is 74.2 Å². The van der Waals surface area contributed by atoms with E-state index in [9.17, 15) is 14.7 Å². The minimum atomic E-state index is -1.12. The summed E-state index contributed by atoms with van der Waals surface area (Å²) in [5.74, 6) is -1.12. The average Bonchev–Trinajstić information content (AvgIpc) is 2.85. The standard InChI is InChI=1S/C22H27N3O4.C2H6.CH5N.Na/c1-17-12-13-20(14-24(17)15-21(26)27)25(29-16-18-8-4-2-5-9-18)22(28)23-19-10-6-3-7-11-19;2*1-2;/h2-11,17,20H,12-16H2,1H3,(H,23,28)(H,26,27);1-2H3;2H2,1H3;/q;;;+1/p-1/t17-,20?;;;/m1.../s1. The van der Waals surface area contributed by atoms with Gasteiger partial charge in [-0.1, -0.05) is 62.4 Å². The second kappa shape index (κ2) is 18.4. The first kappa shape index (κ1) is 32.1. The van der Waals surface area contributed by atoms with Crippen LogP contribution in [0.5, 0.6) is 0 Å². The zero-order valence-corrected chi connectivity index (χ0v) is 23.1. The Bertz CT molecular complexity index is 811. The molecule has 0 saturated carbocycles. The maximum atomic E-state index is 13.0. The van der Waals surface area contributed by atoms with Crippen molar-refractivity contribution in [2.24, 2.45) is 5.73 Å². The summed E-state index contributed by atoms with van der Waals surface area (Å²) in [4.78, 5) is 31.8. The topological polar surface area (TPSA) is 111 Å². The van der Waals surface area contributed by atoms with Crippen molar-refractivity contribution in [3.8, 4) is 0 Å². The summed E-state index contributed by atoms with van der Waals surface area (Å²) in [6.07, 6.45) is 1.49. The molecule has 1 unspecified atom stereocenters. The van der Waals surface area contributed by atoms with E-state index in [0.717, 1.165) is 18.4 Å². The van der Waals surface area contributed by atoms with Crippen LogP contribution in [0.4, 0.5) is 10.5 Å². The van der Waals surface area contributed by atoms with Crippen molar-refractivity contribution in [1.82, 2.24) is 9.96 Å². The van der Waals surface area contributed by atoms with E-state index in [-0.39, 0.29) is 60.8 Å². The minimum absolute atomic E-state index is 0. The van der Waals surface area contributed by atoms with Gasteiger partial charge in [0.1, 0.15) is 6.61 Å². The Kier molecular flexibility index (Phi) is 17.3. The number of nitrogens with zero attached hydrogens (tertiary/aromatic N) is 2. The molecule has 8 nitrogen and oxygen atoms in total. The van der Waals surface area contributed by atoms with Crippen molar-refractivity contribution in [3.05, 3.63) is 66.2 Å². The van der Waals surface area contributed by atoms with E-state index in [4.69, 9.17) is 4.84 Å². The van der Waals surface area contributed by atoms with Crippen molar-refractivity contribution in [3.63, 3.8) is 0 Å². The number of hydrogen-bond donors (Lipinski definition) is 2. The molecule has 0 radical (unpaired) electrons. The predicted molar refractivity (Wildman–Crippen MR) is 129 cm³/mol. The van der Waals surface area contributed by atoms with Gasteiger partial charge in [0.05, 0.1) is 12.0 Å². The van der Waals surface area contributed by atoms with Crippen molar-refractivity contribution in [1.29, 1.82) is 0 Å². The summed E-state index contributed by atoms with van der Waals surface area (Å²) >= 11 is 0. The van der Waals surface area contributed by atoms with Gasteiger partial charge in [0.2, 0.25) is 0 Å². The van der Waals surface area contributed by atoms with Gasteiger partial charge in [-0.25, -0.2) is 4.79 Å². The molecule has 1 aliphatic rings. The summed E-state index contributed by atoms with van der Waals surface area (Å²) in [6, 6.07) is 18.2. The number of carboxylic acid groups (broad SMARTS) is 1. The van der Waals surface area contributed by atoms with Gasteiger partial charge in [0.15, 0.2) is 0 Å². The van der Waals surface area contributed by atoms with Crippen LogP contribution in [0.15, 0.2) is 60.7 Å². The summed E-state index contributed by atoms with van der Waals surface area (Å²) in [6.45, 7) is 6.48. The van der Waals surface area contributed by atoms with Crippen LogP contribution in [0.1, 0.15) is 39.2 Å². The average molecular weight is 481 g/mol.